The van der Waals surface area contributed by atoms with Crippen molar-refractivity contribution >= 4 is 39.8 Å². The third-order valence-electron chi connectivity index (χ3n) is 6.42. The molecule has 1 aliphatic carbocycles. The monoisotopic (exact) mass is 477 g/mol. The van der Waals surface area contributed by atoms with E-state index in [9.17, 15) is 4.79 Å². The fourth-order valence-electron chi connectivity index (χ4n) is 4.30. The number of carbonyl (C=O) groups is 1. The van der Waals surface area contributed by atoms with Gasteiger partial charge < -0.3 is 20.3 Å². The first-order chi connectivity index (χ1) is 18.7. The molecule has 0 aromatic carbocycles. The SMILES string of the molecule is [2H]c1c(N2CCOCC2)ccc2nc(-c3cnc(NCC([2H])([2H])[2H])c4nnc(NC(=O)[C@H]5C[C@H]5C)cc34)nn12. The van der Waals surface area contributed by atoms with Gasteiger partial charge in [0.1, 0.15) is 5.52 Å². The summed E-state index contributed by atoms with van der Waals surface area (Å²) >= 11 is 0. The zero-order valence-electron chi connectivity index (χ0n) is 23.2. The molecular weight excluding hydrogens is 446 g/mol. The van der Waals surface area contributed by atoms with E-state index in [1.165, 1.54) is 10.7 Å². The van der Waals surface area contributed by atoms with E-state index in [0.29, 0.717) is 60.2 Å². The molecule has 5 heterocycles. The first-order valence-corrected chi connectivity index (χ1v) is 11.6. The van der Waals surface area contributed by atoms with Gasteiger partial charge in [-0.1, -0.05) is 6.92 Å². The van der Waals surface area contributed by atoms with Gasteiger partial charge in [-0.05, 0) is 37.4 Å². The van der Waals surface area contributed by atoms with Crippen molar-refractivity contribution in [2.24, 2.45) is 11.8 Å². The summed E-state index contributed by atoms with van der Waals surface area (Å²) in [7, 11) is 0. The summed E-state index contributed by atoms with van der Waals surface area (Å²) in [5.41, 5.74) is 2.04. The molecule has 2 aliphatic rings. The first kappa shape index (κ1) is 17.6. The Kier molecular flexibility index (Phi) is 4.38. The highest BCUT2D eigenvalue weighted by Gasteiger charge is 2.39. The summed E-state index contributed by atoms with van der Waals surface area (Å²) in [4.78, 5) is 23.7. The number of fused-ring (bicyclic) bond motifs is 2. The first-order valence-electron chi connectivity index (χ1n) is 13.6. The predicted molar refractivity (Wildman–Crippen MR) is 132 cm³/mol. The highest BCUT2D eigenvalue weighted by Crippen LogP contribution is 2.38. The van der Waals surface area contributed by atoms with Crippen molar-refractivity contribution in [2.75, 3.05) is 48.4 Å². The van der Waals surface area contributed by atoms with Crippen LogP contribution in [-0.4, -0.2) is 68.5 Å². The van der Waals surface area contributed by atoms with E-state index in [-0.39, 0.29) is 36.2 Å². The number of carbonyl (C=O) groups excluding carboxylic acids is 1. The fourth-order valence-corrected chi connectivity index (χ4v) is 4.30. The molecule has 0 bridgehead atoms. The second kappa shape index (κ2) is 8.73. The van der Waals surface area contributed by atoms with Gasteiger partial charge in [-0.15, -0.1) is 15.3 Å². The minimum absolute atomic E-state index is 0.0489. The topological polar surface area (TPSA) is 122 Å². The molecule has 1 aliphatic heterocycles. The lowest BCUT2D eigenvalue weighted by Crippen LogP contribution is -2.36. The van der Waals surface area contributed by atoms with Crippen molar-refractivity contribution in [3.8, 4) is 11.4 Å². The Bertz CT molecular complexity index is 1570. The molecule has 0 unspecified atom stereocenters. The van der Waals surface area contributed by atoms with Crippen LogP contribution in [0.3, 0.4) is 0 Å². The number of nitrogens with one attached hydrogen (secondary N) is 2. The Morgan fingerprint density at radius 1 is 1.31 bits per heavy atom. The van der Waals surface area contributed by atoms with Crippen LogP contribution in [0.25, 0.3) is 27.9 Å². The number of amides is 1. The maximum absolute atomic E-state index is 12.5. The number of anilines is 3. The standard InChI is InChI=1S/C24H27N9O2/c1-3-25-23-21-17(11-19(29-30-21)27-24(34)16-10-14(16)2)18(12-26-23)22-28-20-5-4-15(13-33(20)31-22)32-6-8-35-9-7-32/h4-5,11-14,16H,3,6-10H2,1-2H3,(H,25,26)(H,27,29,34)/t14-,16+/m1/s1/i1D3,13D. The van der Waals surface area contributed by atoms with Crippen LogP contribution < -0.4 is 15.5 Å². The van der Waals surface area contributed by atoms with Crippen molar-refractivity contribution < 1.29 is 15.0 Å². The molecule has 1 saturated carbocycles. The Hall–Kier alpha value is -3.86. The molecule has 180 valence electrons. The Labute approximate surface area is 207 Å². The number of rotatable bonds is 6. The van der Waals surface area contributed by atoms with Crippen LogP contribution in [-0.2, 0) is 9.53 Å². The zero-order chi connectivity index (χ0) is 27.3. The van der Waals surface area contributed by atoms with E-state index in [0.717, 1.165) is 12.1 Å². The maximum Gasteiger partial charge on any atom is 0.228 e. The van der Waals surface area contributed by atoms with E-state index in [1.807, 2.05) is 19.1 Å². The Balaban J connectivity index is 1.42. The smallest absolute Gasteiger partial charge is 0.228 e. The van der Waals surface area contributed by atoms with Crippen molar-refractivity contribution in [1.82, 2.24) is 29.8 Å². The van der Waals surface area contributed by atoms with E-state index in [1.54, 1.807) is 6.07 Å². The second-order valence-electron chi connectivity index (χ2n) is 8.81. The van der Waals surface area contributed by atoms with Crippen molar-refractivity contribution in [3.05, 3.63) is 30.6 Å². The van der Waals surface area contributed by atoms with Gasteiger partial charge in [0.25, 0.3) is 0 Å². The van der Waals surface area contributed by atoms with Crippen molar-refractivity contribution in [3.63, 3.8) is 0 Å². The Morgan fingerprint density at radius 3 is 2.97 bits per heavy atom. The summed E-state index contributed by atoms with van der Waals surface area (Å²) in [6.07, 6.45) is 2.56. The summed E-state index contributed by atoms with van der Waals surface area (Å²) in [5, 5.41) is 19.2. The highest BCUT2D eigenvalue weighted by molar-refractivity contribution is 6.01. The minimum atomic E-state index is -2.22. The third kappa shape index (κ3) is 4.12. The van der Waals surface area contributed by atoms with Crippen LogP contribution in [0.2, 0.25) is 0 Å². The van der Waals surface area contributed by atoms with Crippen LogP contribution in [0.15, 0.2) is 30.6 Å². The van der Waals surface area contributed by atoms with E-state index in [4.69, 9.17) is 10.2 Å². The quantitative estimate of drug-likeness (QED) is 0.431. The summed E-state index contributed by atoms with van der Waals surface area (Å²) in [6, 6.07) is 5.33. The third-order valence-corrected chi connectivity index (χ3v) is 6.42. The minimum Gasteiger partial charge on any atom is -0.378 e. The molecule has 35 heavy (non-hydrogen) atoms. The number of morpholine rings is 1. The fraction of sp³-hybridized carbons (Fsp3) is 0.417. The molecule has 2 N–H and O–H groups in total. The number of ether oxygens (including phenoxy) is 1. The number of hydrogen-bond donors (Lipinski definition) is 2. The molecule has 4 aromatic heterocycles. The predicted octanol–water partition coefficient (Wildman–Crippen LogP) is 2.60. The lowest BCUT2D eigenvalue weighted by Gasteiger charge is -2.28. The van der Waals surface area contributed by atoms with Gasteiger partial charge in [0.15, 0.2) is 23.1 Å². The van der Waals surface area contributed by atoms with Crippen LogP contribution in [0.4, 0.5) is 17.3 Å². The molecular formula is C24H27N9O2. The summed E-state index contributed by atoms with van der Waals surface area (Å²) < 4.78 is 38.2. The van der Waals surface area contributed by atoms with Gasteiger partial charge in [-0.25, -0.2) is 14.5 Å². The zero-order valence-corrected chi connectivity index (χ0v) is 19.2. The molecule has 2 fully saturated rings. The summed E-state index contributed by atoms with van der Waals surface area (Å²) in [5.74, 6) is 0.979. The number of nitrogens with zero attached hydrogens (tertiary/aromatic N) is 7. The average Bonchev–Trinajstić information content (AvgIpc) is 3.49. The van der Waals surface area contributed by atoms with Crippen LogP contribution in [0.1, 0.15) is 25.7 Å². The molecule has 0 spiro atoms. The van der Waals surface area contributed by atoms with Gasteiger partial charge in [-0.3, -0.25) is 4.79 Å². The lowest BCUT2D eigenvalue weighted by molar-refractivity contribution is -0.117. The van der Waals surface area contributed by atoms with Crippen molar-refractivity contribution in [1.29, 1.82) is 0 Å². The van der Waals surface area contributed by atoms with E-state index < -0.39 is 6.85 Å². The molecule has 11 nitrogen and oxygen atoms in total. The lowest BCUT2D eigenvalue weighted by atomic mass is 10.1. The maximum atomic E-state index is 12.5. The van der Waals surface area contributed by atoms with Gasteiger partial charge in [-0.2, -0.15) is 0 Å². The van der Waals surface area contributed by atoms with E-state index in [2.05, 4.69) is 40.8 Å². The van der Waals surface area contributed by atoms with Crippen LogP contribution in [0, 0.1) is 11.8 Å². The van der Waals surface area contributed by atoms with Crippen LogP contribution >= 0.6 is 0 Å². The molecule has 2 atom stereocenters. The Morgan fingerprint density at radius 2 is 2.17 bits per heavy atom. The van der Waals surface area contributed by atoms with Gasteiger partial charge in [0, 0.05) is 46.8 Å². The van der Waals surface area contributed by atoms with E-state index >= 15 is 0 Å². The molecule has 11 heteroatoms. The van der Waals surface area contributed by atoms with Gasteiger partial charge in [0.2, 0.25) is 5.91 Å². The largest absolute Gasteiger partial charge is 0.378 e. The molecule has 4 aromatic rings. The van der Waals surface area contributed by atoms with Crippen molar-refractivity contribution in [2.45, 2.75) is 20.2 Å². The number of hydrogen-bond acceptors (Lipinski definition) is 9. The summed E-state index contributed by atoms with van der Waals surface area (Å²) in [6.45, 7) is 2.05. The molecule has 6 rings (SSSR count). The second-order valence-corrected chi connectivity index (χ2v) is 8.81. The average molecular weight is 478 g/mol. The normalized spacial score (nSPS) is 21.8. The number of pyridine rings is 2. The number of aromatic nitrogens is 6. The van der Waals surface area contributed by atoms with Crippen LogP contribution in [0.5, 0.6) is 0 Å². The highest BCUT2D eigenvalue weighted by atomic mass is 16.5. The molecule has 0 radical (unpaired) electrons. The van der Waals surface area contributed by atoms with Gasteiger partial charge >= 0.3 is 0 Å². The molecule has 1 amide bonds. The molecule has 1 saturated heterocycles. The van der Waals surface area contributed by atoms with Gasteiger partial charge in [0.05, 0.1) is 26.4 Å².